The Labute approximate surface area is 90.8 Å². The first kappa shape index (κ1) is 11.3. The van der Waals surface area contributed by atoms with Gasteiger partial charge in [0, 0.05) is 0 Å². The minimum atomic E-state index is 0.449. The first-order valence-electron chi connectivity index (χ1n) is 4.87. The van der Waals surface area contributed by atoms with Gasteiger partial charge in [0.25, 0.3) is 0 Å². The van der Waals surface area contributed by atoms with Crippen LogP contribution in [0, 0.1) is 25.2 Å². The largest absolute Gasteiger partial charge is 0.496 e. The molecule has 0 aliphatic heterocycles. The van der Waals surface area contributed by atoms with Crippen molar-refractivity contribution in [2.75, 3.05) is 7.11 Å². The maximum Gasteiger partial charge on any atom is 0.122 e. The lowest BCUT2D eigenvalue weighted by molar-refractivity contribution is 0.411. The number of hydrogen-bond acceptors (Lipinski definition) is 2. The minimum Gasteiger partial charge on any atom is -0.496 e. The third-order valence-electron chi connectivity index (χ3n) is 2.29. The third-order valence-corrected chi connectivity index (χ3v) is 2.29. The quantitative estimate of drug-likeness (QED) is 0.752. The summed E-state index contributed by atoms with van der Waals surface area (Å²) in [5.74, 6) is 0.907. The molecule has 0 bridgehead atoms. The third kappa shape index (κ3) is 2.85. The molecule has 1 aromatic carbocycles. The van der Waals surface area contributed by atoms with Crippen LogP contribution in [0.5, 0.6) is 5.75 Å². The Morgan fingerprint density at radius 2 is 2.07 bits per heavy atom. The van der Waals surface area contributed by atoms with Crippen molar-refractivity contribution in [3.8, 4) is 11.8 Å². The Hall–Kier alpha value is -1.75. The number of hydrogen-bond donors (Lipinski definition) is 0. The zero-order valence-electron chi connectivity index (χ0n) is 9.37. The van der Waals surface area contributed by atoms with Crippen LogP contribution in [0.2, 0.25) is 0 Å². The lowest BCUT2D eigenvalue weighted by Gasteiger charge is -2.08. The summed E-state index contributed by atoms with van der Waals surface area (Å²) in [6, 6.07) is 6.17. The van der Waals surface area contributed by atoms with Gasteiger partial charge in [-0.15, -0.1) is 0 Å². The highest BCUT2D eigenvalue weighted by Gasteiger charge is 2.01. The first-order valence-corrected chi connectivity index (χ1v) is 4.87. The molecule has 0 amide bonds. The maximum absolute atomic E-state index is 8.43. The summed E-state index contributed by atoms with van der Waals surface area (Å²) in [6.07, 6.45) is 4.30. The molecule has 0 atom stereocenters. The summed E-state index contributed by atoms with van der Waals surface area (Å²) < 4.78 is 5.23. The van der Waals surface area contributed by atoms with Crippen LogP contribution in [0.15, 0.2) is 18.2 Å². The molecule has 1 rings (SSSR count). The van der Waals surface area contributed by atoms with Crippen LogP contribution >= 0.6 is 0 Å². The van der Waals surface area contributed by atoms with Gasteiger partial charge in [-0.1, -0.05) is 12.2 Å². The summed E-state index contributed by atoms with van der Waals surface area (Å²) in [6.45, 7) is 4.05. The van der Waals surface area contributed by atoms with E-state index in [0.29, 0.717) is 6.42 Å². The minimum absolute atomic E-state index is 0.449. The van der Waals surface area contributed by atoms with Crippen molar-refractivity contribution in [2.24, 2.45) is 0 Å². The summed E-state index contributed by atoms with van der Waals surface area (Å²) >= 11 is 0. The second-order valence-corrected chi connectivity index (χ2v) is 3.44. The summed E-state index contributed by atoms with van der Waals surface area (Å²) in [5.41, 5.74) is 3.41. The molecule has 2 nitrogen and oxygen atoms in total. The van der Waals surface area contributed by atoms with E-state index in [-0.39, 0.29) is 0 Å². The van der Waals surface area contributed by atoms with Crippen molar-refractivity contribution < 1.29 is 4.74 Å². The Bertz CT molecular complexity index is 413. The van der Waals surface area contributed by atoms with Crippen LogP contribution < -0.4 is 4.74 Å². The van der Waals surface area contributed by atoms with Crippen molar-refractivity contribution in [2.45, 2.75) is 20.3 Å². The molecule has 15 heavy (non-hydrogen) atoms. The Morgan fingerprint density at radius 1 is 1.33 bits per heavy atom. The molecule has 2 heteroatoms. The van der Waals surface area contributed by atoms with E-state index in [1.165, 1.54) is 0 Å². The normalized spacial score (nSPS) is 10.3. The number of ether oxygens (including phenoxy) is 1. The molecule has 0 aliphatic rings. The predicted octanol–water partition coefficient (Wildman–Crippen LogP) is 3.24. The van der Waals surface area contributed by atoms with E-state index >= 15 is 0 Å². The second kappa shape index (κ2) is 5.21. The van der Waals surface area contributed by atoms with Crippen LogP contribution in [0.25, 0.3) is 6.08 Å². The van der Waals surface area contributed by atoms with Gasteiger partial charge in [0.05, 0.1) is 19.6 Å². The molecule has 0 spiro atoms. The fourth-order valence-corrected chi connectivity index (χ4v) is 1.45. The lowest BCUT2D eigenvalue weighted by Crippen LogP contribution is -1.90. The molecule has 78 valence electrons. The molecule has 0 saturated carbocycles. The van der Waals surface area contributed by atoms with Gasteiger partial charge in [0.2, 0.25) is 0 Å². The fraction of sp³-hybridized carbons (Fsp3) is 0.308. The molecular weight excluding hydrogens is 186 g/mol. The zero-order chi connectivity index (χ0) is 11.3. The average Bonchev–Trinajstić information content (AvgIpc) is 2.23. The lowest BCUT2D eigenvalue weighted by atomic mass is 10.0. The van der Waals surface area contributed by atoms with Gasteiger partial charge in [-0.25, -0.2) is 0 Å². The number of rotatable bonds is 3. The maximum atomic E-state index is 8.43. The van der Waals surface area contributed by atoms with Gasteiger partial charge in [-0.05, 0) is 42.7 Å². The number of nitrogens with zero attached hydrogens (tertiary/aromatic N) is 1. The van der Waals surface area contributed by atoms with Gasteiger partial charge in [-0.2, -0.15) is 5.26 Å². The van der Waals surface area contributed by atoms with Gasteiger partial charge in [0.15, 0.2) is 0 Å². The molecule has 0 heterocycles. The van der Waals surface area contributed by atoms with E-state index in [0.717, 1.165) is 22.4 Å². The standard InChI is InChI=1S/C13H15NO/c1-10-9-13(15-3)11(2)8-12(10)6-4-5-7-14/h4,6,8-9H,5H2,1-3H3. The zero-order valence-corrected chi connectivity index (χ0v) is 9.37. The SMILES string of the molecule is COc1cc(C)c(C=CCC#N)cc1C. The Balaban J connectivity index is 3.01. The fourth-order valence-electron chi connectivity index (χ4n) is 1.45. The van der Waals surface area contributed by atoms with Crippen LogP contribution in [0.3, 0.4) is 0 Å². The van der Waals surface area contributed by atoms with E-state index < -0.39 is 0 Å². The highest BCUT2D eigenvalue weighted by Crippen LogP contribution is 2.23. The molecule has 0 fully saturated rings. The number of nitriles is 1. The van der Waals surface area contributed by atoms with Gasteiger partial charge < -0.3 is 4.74 Å². The number of benzene rings is 1. The topological polar surface area (TPSA) is 33.0 Å². The van der Waals surface area contributed by atoms with E-state index in [9.17, 15) is 0 Å². The monoisotopic (exact) mass is 201 g/mol. The molecule has 0 N–H and O–H groups in total. The number of methoxy groups -OCH3 is 1. The molecule has 0 saturated heterocycles. The van der Waals surface area contributed by atoms with Crippen LogP contribution in [0.1, 0.15) is 23.1 Å². The summed E-state index contributed by atoms with van der Waals surface area (Å²) in [5, 5.41) is 8.43. The van der Waals surface area contributed by atoms with E-state index in [1.54, 1.807) is 7.11 Å². The van der Waals surface area contributed by atoms with Gasteiger partial charge in [-0.3, -0.25) is 0 Å². The molecule has 0 aromatic heterocycles. The van der Waals surface area contributed by atoms with Crippen LogP contribution in [-0.2, 0) is 0 Å². The number of allylic oxidation sites excluding steroid dienone is 1. The summed E-state index contributed by atoms with van der Waals surface area (Å²) in [7, 11) is 1.67. The Morgan fingerprint density at radius 3 is 2.67 bits per heavy atom. The van der Waals surface area contributed by atoms with Gasteiger partial charge in [0.1, 0.15) is 5.75 Å². The van der Waals surface area contributed by atoms with Crippen LogP contribution in [-0.4, -0.2) is 7.11 Å². The Kier molecular flexibility index (Phi) is 3.93. The van der Waals surface area contributed by atoms with Crippen molar-refractivity contribution >= 4 is 6.08 Å². The molecule has 0 unspecified atom stereocenters. The van der Waals surface area contributed by atoms with E-state index in [2.05, 4.69) is 12.1 Å². The van der Waals surface area contributed by atoms with Crippen LogP contribution in [0.4, 0.5) is 0 Å². The average molecular weight is 201 g/mol. The highest BCUT2D eigenvalue weighted by atomic mass is 16.5. The van der Waals surface area contributed by atoms with Crippen molar-refractivity contribution in [1.82, 2.24) is 0 Å². The molecule has 0 radical (unpaired) electrons. The van der Waals surface area contributed by atoms with Crippen molar-refractivity contribution in [3.05, 3.63) is 34.9 Å². The van der Waals surface area contributed by atoms with Crippen molar-refractivity contribution in [1.29, 1.82) is 5.26 Å². The molecule has 1 aromatic rings. The number of aryl methyl sites for hydroxylation is 2. The van der Waals surface area contributed by atoms with E-state index in [1.807, 2.05) is 32.1 Å². The molecular formula is C13H15NO. The first-order chi connectivity index (χ1) is 7.19. The summed E-state index contributed by atoms with van der Waals surface area (Å²) in [4.78, 5) is 0. The highest BCUT2D eigenvalue weighted by molar-refractivity contribution is 5.57. The predicted molar refractivity (Wildman–Crippen MR) is 61.7 cm³/mol. The molecule has 0 aliphatic carbocycles. The second-order valence-electron chi connectivity index (χ2n) is 3.44. The smallest absolute Gasteiger partial charge is 0.122 e. The van der Waals surface area contributed by atoms with Crippen molar-refractivity contribution in [3.63, 3.8) is 0 Å². The van der Waals surface area contributed by atoms with Gasteiger partial charge >= 0.3 is 0 Å². The van der Waals surface area contributed by atoms with E-state index in [4.69, 9.17) is 10.00 Å².